The molecule has 0 saturated carbocycles. The lowest BCUT2D eigenvalue weighted by Crippen LogP contribution is -2.42. The summed E-state index contributed by atoms with van der Waals surface area (Å²) in [5.74, 6) is 0.614. The van der Waals surface area contributed by atoms with Crippen LogP contribution in [0.15, 0.2) is 77.7 Å². The van der Waals surface area contributed by atoms with E-state index >= 15 is 0 Å². The van der Waals surface area contributed by atoms with Crippen LogP contribution in [0, 0.1) is 24.0 Å². The van der Waals surface area contributed by atoms with Crippen LogP contribution in [0.1, 0.15) is 33.0 Å². The fourth-order valence-electron chi connectivity index (χ4n) is 3.55. The molecular weight excluding hydrogens is 434 g/mol. The minimum Gasteiger partial charge on any atom is -0.464 e. The predicted molar refractivity (Wildman–Crippen MR) is 128 cm³/mol. The van der Waals surface area contributed by atoms with Crippen LogP contribution in [0.2, 0.25) is 0 Å². The summed E-state index contributed by atoms with van der Waals surface area (Å²) in [6.07, 6.45) is 1.52. The summed E-state index contributed by atoms with van der Waals surface area (Å²) in [6.45, 7) is 7.61. The van der Waals surface area contributed by atoms with E-state index in [2.05, 4.69) is 6.58 Å². The first-order valence-corrected chi connectivity index (χ1v) is 10.8. The molecule has 0 radical (unpaired) electrons. The van der Waals surface area contributed by atoms with Gasteiger partial charge < -0.3 is 14.2 Å². The third kappa shape index (κ3) is 6.19. The number of nitro benzene ring substituents is 1. The quantitative estimate of drug-likeness (QED) is 0.248. The van der Waals surface area contributed by atoms with Crippen molar-refractivity contribution in [1.82, 2.24) is 9.80 Å². The molecule has 0 saturated heterocycles. The van der Waals surface area contributed by atoms with E-state index in [1.54, 1.807) is 11.8 Å². The zero-order valence-electron chi connectivity index (χ0n) is 19.3. The van der Waals surface area contributed by atoms with Crippen molar-refractivity contribution in [2.75, 3.05) is 13.1 Å². The second kappa shape index (κ2) is 11.1. The minimum atomic E-state index is -0.526. The topological polar surface area (TPSA) is 96.9 Å². The van der Waals surface area contributed by atoms with Crippen LogP contribution in [-0.4, -0.2) is 39.6 Å². The highest BCUT2D eigenvalue weighted by molar-refractivity contribution is 5.97. The zero-order valence-corrected chi connectivity index (χ0v) is 19.3. The van der Waals surface area contributed by atoms with Gasteiger partial charge in [0, 0.05) is 30.3 Å². The molecule has 0 aliphatic heterocycles. The number of nitro groups is 1. The summed E-state index contributed by atoms with van der Waals surface area (Å²) in [5, 5.41) is 11.3. The summed E-state index contributed by atoms with van der Waals surface area (Å²) in [5.41, 5.74) is 1.39. The number of rotatable bonds is 10. The summed E-state index contributed by atoms with van der Waals surface area (Å²) in [6, 6.07) is 17.5. The molecule has 34 heavy (non-hydrogen) atoms. The van der Waals surface area contributed by atoms with E-state index in [9.17, 15) is 19.7 Å². The predicted octanol–water partition coefficient (Wildman–Crippen LogP) is 4.66. The molecule has 3 aromatic rings. The molecule has 0 bridgehead atoms. The molecule has 1 aromatic heterocycles. The van der Waals surface area contributed by atoms with Crippen molar-refractivity contribution in [3.8, 4) is 0 Å². The van der Waals surface area contributed by atoms with Gasteiger partial charge in [0.15, 0.2) is 0 Å². The molecular formula is C26H27N3O5. The lowest BCUT2D eigenvalue weighted by molar-refractivity contribution is -0.385. The summed E-state index contributed by atoms with van der Waals surface area (Å²) < 4.78 is 5.66. The van der Waals surface area contributed by atoms with Crippen molar-refractivity contribution in [3.05, 3.63) is 112 Å². The first-order valence-electron chi connectivity index (χ1n) is 10.8. The van der Waals surface area contributed by atoms with Gasteiger partial charge in [-0.05, 0) is 37.6 Å². The van der Waals surface area contributed by atoms with Crippen molar-refractivity contribution in [1.29, 1.82) is 0 Å². The van der Waals surface area contributed by atoms with Gasteiger partial charge in [-0.15, -0.1) is 6.58 Å². The second-order valence-corrected chi connectivity index (χ2v) is 7.98. The number of aryl methyl sites for hydroxylation is 2. The van der Waals surface area contributed by atoms with E-state index in [4.69, 9.17) is 4.42 Å². The highest BCUT2D eigenvalue weighted by Gasteiger charge is 2.24. The molecule has 1 heterocycles. The van der Waals surface area contributed by atoms with Crippen LogP contribution in [0.4, 0.5) is 5.69 Å². The Labute approximate surface area is 198 Å². The van der Waals surface area contributed by atoms with E-state index in [1.807, 2.05) is 49.4 Å². The van der Waals surface area contributed by atoms with E-state index in [1.165, 1.54) is 29.2 Å². The fraction of sp³-hybridized carbons (Fsp3) is 0.231. The first-order chi connectivity index (χ1) is 16.3. The molecule has 0 unspecified atom stereocenters. The largest absolute Gasteiger partial charge is 0.464 e. The molecule has 3 rings (SSSR count). The number of amides is 2. The molecule has 0 fully saturated rings. The fourth-order valence-corrected chi connectivity index (χ4v) is 3.55. The highest BCUT2D eigenvalue weighted by atomic mass is 16.6. The van der Waals surface area contributed by atoms with Crippen LogP contribution < -0.4 is 0 Å². The summed E-state index contributed by atoms with van der Waals surface area (Å²) >= 11 is 0. The standard InChI is InChI=1S/C26H27N3O5/c1-4-14-27(26(31)22-12-10-19(2)24(15-22)29(32)33)18-25(30)28(16-21-8-6-5-7-9-21)17-23-13-11-20(3)34-23/h4-13,15H,1,14,16-18H2,2-3H3. The minimum absolute atomic E-state index is 0.116. The number of carbonyl (C=O) groups is 2. The molecule has 0 N–H and O–H groups in total. The van der Waals surface area contributed by atoms with Gasteiger partial charge in [0.05, 0.1) is 11.5 Å². The van der Waals surface area contributed by atoms with Gasteiger partial charge in [0.25, 0.3) is 11.6 Å². The molecule has 8 heteroatoms. The molecule has 8 nitrogen and oxygen atoms in total. The maximum absolute atomic E-state index is 13.4. The van der Waals surface area contributed by atoms with Crippen LogP contribution in [0.25, 0.3) is 0 Å². The Morgan fingerprint density at radius 3 is 2.38 bits per heavy atom. The number of hydrogen-bond acceptors (Lipinski definition) is 5. The van der Waals surface area contributed by atoms with Crippen LogP contribution in [0.3, 0.4) is 0 Å². The molecule has 176 valence electrons. The highest BCUT2D eigenvalue weighted by Crippen LogP contribution is 2.21. The molecule has 0 spiro atoms. The molecule has 0 aliphatic rings. The normalized spacial score (nSPS) is 10.5. The van der Waals surface area contributed by atoms with Crippen molar-refractivity contribution in [2.45, 2.75) is 26.9 Å². The average Bonchev–Trinajstić information content (AvgIpc) is 3.23. The molecule has 2 amide bonds. The van der Waals surface area contributed by atoms with E-state index in [0.29, 0.717) is 17.9 Å². The maximum atomic E-state index is 13.4. The third-order valence-corrected chi connectivity index (χ3v) is 5.33. The smallest absolute Gasteiger partial charge is 0.273 e. The Morgan fingerprint density at radius 2 is 1.76 bits per heavy atom. The molecule has 2 aromatic carbocycles. The van der Waals surface area contributed by atoms with Crippen molar-refractivity contribution >= 4 is 17.5 Å². The van der Waals surface area contributed by atoms with Gasteiger partial charge in [0.2, 0.25) is 5.91 Å². The lowest BCUT2D eigenvalue weighted by Gasteiger charge is -2.27. The zero-order chi connectivity index (χ0) is 24.7. The Hall–Kier alpha value is -4.20. The summed E-state index contributed by atoms with van der Waals surface area (Å²) in [4.78, 5) is 40.2. The number of benzene rings is 2. The van der Waals surface area contributed by atoms with E-state index in [-0.39, 0.29) is 36.8 Å². The van der Waals surface area contributed by atoms with Gasteiger partial charge in [0.1, 0.15) is 18.1 Å². The number of carbonyl (C=O) groups excluding carboxylic acids is 2. The Balaban J connectivity index is 1.83. The van der Waals surface area contributed by atoms with Crippen molar-refractivity contribution < 1.29 is 18.9 Å². The van der Waals surface area contributed by atoms with Crippen molar-refractivity contribution in [3.63, 3.8) is 0 Å². The van der Waals surface area contributed by atoms with Gasteiger partial charge in [-0.1, -0.05) is 42.5 Å². The van der Waals surface area contributed by atoms with Crippen LogP contribution in [-0.2, 0) is 17.9 Å². The Kier molecular flexibility index (Phi) is 7.97. The molecule has 0 aliphatic carbocycles. The SMILES string of the molecule is C=CCN(CC(=O)N(Cc1ccccc1)Cc1ccc(C)o1)C(=O)c1ccc(C)c([N+](=O)[O-])c1. The lowest BCUT2D eigenvalue weighted by atomic mass is 10.1. The molecule has 0 atom stereocenters. The van der Waals surface area contributed by atoms with Gasteiger partial charge >= 0.3 is 0 Å². The number of nitrogens with zero attached hydrogens (tertiary/aromatic N) is 3. The second-order valence-electron chi connectivity index (χ2n) is 7.98. The van der Waals surface area contributed by atoms with Crippen molar-refractivity contribution in [2.24, 2.45) is 0 Å². The maximum Gasteiger partial charge on any atom is 0.273 e. The van der Waals surface area contributed by atoms with Crippen LogP contribution in [0.5, 0.6) is 0 Å². The third-order valence-electron chi connectivity index (χ3n) is 5.33. The summed E-state index contributed by atoms with van der Waals surface area (Å²) in [7, 11) is 0. The first kappa shape index (κ1) is 24.4. The van der Waals surface area contributed by atoms with Gasteiger partial charge in [-0.3, -0.25) is 19.7 Å². The van der Waals surface area contributed by atoms with E-state index in [0.717, 1.165) is 11.3 Å². The average molecular weight is 462 g/mol. The monoisotopic (exact) mass is 461 g/mol. The number of furan rings is 1. The van der Waals surface area contributed by atoms with Crippen LogP contribution >= 0.6 is 0 Å². The Bertz CT molecular complexity index is 1190. The van der Waals surface area contributed by atoms with Gasteiger partial charge in [-0.2, -0.15) is 0 Å². The van der Waals surface area contributed by atoms with E-state index < -0.39 is 10.8 Å². The number of hydrogen-bond donors (Lipinski definition) is 0. The Morgan fingerprint density at radius 1 is 1.03 bits per heavy atom. The van der Waals surface area contributed by atoms with Gasteiger partial charge in [-0.25, -0.2) is 0 Å².